The van der Waals surface area contributed by atoms with E-state index < -0.39 is 0 Å². The Labute approximate surface area is 108 Å². The highest BCUT2D eigenvalue weighted by Crippen LogP contribution is 2.32. The Morgan fingerprint density at radius 1 is 1.28 bits per heavy atom. The SMILES string of the molecule is CCOc1cccc(C=O)c1OCC1CCCC1. The minimum Gasteiger partial charge on any atom is -0.490 e. The molecule has 3 nitrogen and oxygen atoms in total. The number of carbonyl (C=O) groups excluding carboxylic acids is 1. The zero-order valence-electron chi connectivity index (χ0n) is 10.9. The molecule has 0 atom stereocenters. The van der Waals surface area contributed by atoms with Crippen LogP contribution in [-0.2, 0) is 0 Å². The summed E-state index contributed by atoms with van der Waals surface area (Å²) in [5, 5.41) is 0. The van der Waals surface area contributed by atoms with Gasteiger partial charge in [0.25, 0.3) is 0 Å². The van der Waals surface area contributed by atoms with E-state index in [-0.39, 0.29) is 0 Å². The minimum absolute atomic E-state index is 0.568. The number of para-hydroxylation sites is 1. The highest BCUT2D eigenvalue weighted by atomic mass is 16.5. The van der Waals surface area contributed by atoms with Gasteiger partial charge >= 0.3 is 0 Å². The minimum atomic E-state index is 0.568. The topological polar surface area (TPSA) is 35.5 Å². The Hall–Kier alpha value is -1.51. The largest absolute Gasteiger partial charge is 0.490 e. The second-order valence-corrected chi connectivity index (χ2v) is 4.69. The molecule has 0 unspecified atom stereocenters. The van der Waals surface area contributed by atoms with E-state index in [9.17, 15) is 4.79 Å². The monoisotopic (exact) mass is 248 g/mol. The average molecular weight is 248 g/mol. The molecule has 0 bridgehead atoms. The van der Waals surface area contributed by atoms with Crippen molar-refractivity contribution in [3.8, 4) is 11.5 Å². The molecule has 1 fully saturated rings. The van der Waals surface area contributed by atoms with Crippen LogP contribution in [0.4, 0.5) is 0 Å². The van der Waals surface area contributed by atoms with Crippen LogP contribution in [-0.4, -0.2) is 19.5 Å². The Bertz CT molecular complexity index is 395. The lowest BCUT2D eigenvalue weighted by atomic mass is 10.1. The number of hydrogen-bond donors (Lipinski definition) is 0. The van der Waals surface area contributed by atoms with E-state index in [2.05, 4.69) is 0 Å². The van der Waals surface area contributed by atoms with Crippen LogP contribution in [0.5, 0.6) is 11.5 Å². The van der Waals surface area contributed by atoms with Crippen LogP contribution in [0.15, 0.2) is 18.2 Å². The van der Waals surface area contributed by atoms with Gasteiger partial charge in [-0.25, -0.2) is 0 Å². The summed E-state index contributed by atoms with van der Waals surface area (Å²) in [5.74, 6) is 1.89. The van der Waals surface area contributed by atoms with Gasteiger partial charge in [-0.05, 0) is 37.8 Å². The Morgan fingerprint density at radius 3 is 2.72 bits per heavy atom. The van der Waals surface area contributed by atoms with E-state index in [4.69, 9.17) is 9.47 Å². The third kappa shape index (κ3) is 3.03. The molecule has 1 aliphatic carbocycles. The highest BCUT2D eigenvalue weighted by molar-refractivity contribution is 5.81. The molecule has 0 amide bonds. The van der Waals surface area contributed by atoms with Crippen LogP contribution in [0.3, 0.4) is 0 Å². The summed E-state index contributed by atoms with van der Waals surface area (Å²) in [6.45, 7) is 3.18. The second-order valence-electron chi connectivity index (χ2n) is 4.69. The number of rotatable bonds is 6. The molecule has 0 aliphatic heterocycles. The molecular weight excluding hydrogens is 228 g/mol. The summed E-state index contributed by atoms with van der Waals surface area (Å²) >= 11 is 0. The van der Waals surface area contributed by atoms with E-state index in [1.807, 2.05) is 19.1 Å². The maximum Gasteiger partial charge on any atom is 0.171 e. The third-order valence-corrected chi connectivity index (χ3v) is 3.37. The first-order valence-electron chi connectivity index (χ1n) is 6.69. The first kappa shape index (κ1) is 12.9. The summed E-state index contributed by atoms with van der Waals surface area (Å²) in [5.41, 5.74) is 0.568. The van der Waals surface area contributed by atoms with Gasteiger partial charge in [-0.15, -0.1) is 0 Å². The van der Waals surface area contributed by atoms with Crippen molar-refractivity contribution in [2.45, 2.75) is 32.6 Å². The van der Waals surface area contributed by atoms with Gasteiger partial charge in [0.2, 0.25) is 0 Å². The molecule has 0 heterocycles. The van der Waals surface area contributed by atoms with Crippen molar-refractivity contribution in [3.05, 3.63) is 23.8 Å². The second kappa shape index (κ2) is 6.43. The Balaban J connectivity index is 2.09. The van der Waals surface area contributed by atoms with Crippen LogP contribution >= 0.6 is 0 Å². The summed E-state index contributed by atoms with van der Waals surface area (Å²) in [7, 11) is 0. The molecule has 0 radical (unpaired) electrons. The van der Waals surface area contributed by atoms with Crippen LogP contribution < -0.4 is 9.47 Å². The summed E-state index contributed by atoms with van der Waals surface area (Å²) in [6, 6.07) is 5.43. The molecule has 0 spiro atoms. The first-order chi connectivity index (χ1) is 8.85. The average Bonchev–Trinajstić information content (AvgIpc) is 2.90. The summed E-state index contributed by atoms with van der Waals surface area (Å²) in [6.07, 6.45) is 5.87. The lowest BCUT2D eigenvalue weighted by Crippen LogP contribution is -2.10. The van der Waals surface area contributed by atoms with Crippen LogP contribution in [0.25, 0.3) is 0 Å². The molecule has 0 saturated heterocycles. The normalized spacial score (nSPS) is 15.6. The van der Waals surface area contributed by atoms with Crippen LogP contribution in [0.1, 0.15) is 43.0 Å². The van der Waals surface area contributed by atoms with Gasteiger partial charge in [0.1, 0.15) is 0 Å². The van der Waals surface area contributed by atoms with Crippen molar-refractivity contribution in [1.82, 2.24) is 0 Å². The maximum absolute atomic E-state index is 11.0. The zero-order valence-corrected chi connectivity index (χ0v) is 10.9. The first-order valence-corrected chi connectivity index (χ1v) is 6.69. The molecule has 1 saturated carbocycles. The smallest absolute Gasteiger partial charge is 0.171 e. The number of hydrogen-bond acceptors (Lipinski definition) is 3. The van der Waals surface area contributed by atoms with E-state index in [1.54, 1.807) is 6.07 Å². The van der Waals surface area contributed by atoms with Gasteiger partial charge in [-0.3, -0.25) is 4.79 Å². The predicted octanol–water partition coefficient (Wildman–Crippen LogP) is 3.47. The number of aldehydes is 1. The molecule has 98 valence electrons. The molecule has 1 aliphatic rings. The molecular formula is C15H20O3. The van der Waals surface area contributed by atoms with Crippen molar-refractivity contribution in [2.75, 3.05) is 13.2 Å². The van der Waals surface area contributed by atoms with Crippen molar-refractivity contribution in [3.63, 3.8) is 0 Å². The van der Waals surface area contributed by atoms with Gasteiger partial charge in [0, 0.05) is 0 Å². The molecule has 18 heavy (non-hydrogen) atoms. The molecule has 0 aromatic heterocycles. The number of benzene rings is 1. The number of ether oxygens (including phenoxy) is 2. The predicted molar refractivity (Wildman–Crippen MR) is 70.5 cm³/mol. The molecule has 3 heteroatoms. The fourth-order valence-electron chi connectivity index (χ4n) is 2.43. The summed E-state index contributed by atoms with van der Waals surface area (Å²) in [4.78, 5) is 11.0. The Morgan fingerprint density at radius 2 is 2.06 bits per heavy atom. The quantitative estimate of drug-likeness (QED) is 0.723. The lowest BCUT2D eigenvalue weighted by molar-refractivity contribution is 0.111. The standard InChI is InChI=1S/C15H20O3/c1-2-17-14-9-5-8-13(10-16)15(14)18-11-12-6-3-4-7-12/h5,8-10,12H,2-4,6-7,11H2,1H3. The van der Waals surface area contributed by atoms with Gasteiger partial charge < -0.3 is 9.47 Å². The van der Waals surface area contributed by atoms with Crippen molar-refractivity contribution < 1.29 is 14.3 Å². The summed E-state index contributed by atoms with van der Waals surface area (Å²) < 4.78 is 11.4. The number of carbonyl (C=O) groups is 1. The van der Waals surface area contributed by atoms with Gasteiger partial charge in [-0.1, -0.05) is 18.9 Å². The van der Waals surface area contributed by atoms with E-state index in [0.29, 0.717) is 36.2 Å². The van der Waals surface area contributed by atoms with E-state index in [1.165, 1.54) is 25.7 Å². The van der Waals surface area contributed by atoms with Gasteiger partial charge in [-0.2, -0.15) is 0 Å². The van der Waals surface area contributed by atoms with E-state index >= 15 is 0 Å². The zero-order chi connectivity index (χ0) is 12.8. The Kier molecular flexibility index (Phi) is 4.62. The molecule has 1 aromatic rings. The van der Waals surface area contributed by atoms with Crippen LogP contribution in [0, 0.1) is 5.92 Å². The van der Waals surface area contributed by atoms with Crippen molar-refractivity contribution in [2.24, 2.45) is 5.92 Å². The third-order valence-electron chi connectivity index (χ3n) is 3.37. The van der Waals surface area contributed by atoms with Gasteiger partial charge in [0.15, 0.2) is 17.8 Å². The fraction of sp³-hybridized carbons (Fsp3) is 0.533. The van der Waals surface area contributed by atoms with Crippen molar-refractivity contribution in [1.29, 1.82) is 0 Å². The van der Waals surface area contributed by atoms with Gasteiger partial charge in [0.05, 0.1) is 18.8 Å². The molecule has 0 N–H and O–H groups in total. The highest BCUT2D eigenvalue weighted by Gasteiger charge is 2.18. The van der Waals surface area contributed by atoms with Crippen molar-refractivity contribution >= 4 is 6.29 Å². The van der Waals surface area contributed by atoms with E-state index in [0.717, 1.165) is 6.29 Å². The van der Waals surface area contributed by atoms with Crippen LogP contribution in [0.2, 0.25) is 0 Å². The molecule has 1 aromatic carbocycles. The molecule has 2 rings (SSSR count). The lowest BCUT2D eigenvalue weighted by Gasteiger charge is -2.16. The fourth-order valence-corrected chi connectivity index (χ4v) is 2.43. The maximum atomic E-state index is 11.0.